The molecule has 2 aromatic heterocycles. The molecule has 0 saturated heterocycles. The van der Waals surface area contributed by atoms with Crippen molar-refractivity contribution < 1.29 is 18.0 Å². The topological polar surface area (TPSA) is 74.8 Å². The van der Waals surface area contributed by atoms with Gasteiger partial charge in [0.15, 0.2) is 5.82 Å². The van der Waals surface area contributed by atoms with E-state index < -0.39 is 11.7 Å². The van der Waals surface area contributed by atoms with E-state index in [0.717, 1.165) is 17.8 Å². The van der Waals surface area contributed by atoms with Gasteiger partial charge in [0, 0.05) is 19.8 Å². The SMILES string of the molecule is CC(C)c1c(C(=O)N(C)Cc2cccc(C#N)c2)cnn1-c1ccc(C(F)(F)F)cn1. The molecule has 0 aliphatic heterocycles. The van der Waals surface area contributed by atoms with E-state index in [1.807, 2.05) is 19.9 Å². The van der Waals surface area contributed by atoms with Crippen LogP contribution < -0.4 is 0 Å². The van der Waals surface area contributed by atoms with E-state index in [1.54, 1.807) is 25.2 Å². The molecule has 0 unspecified atom stereocenters. The summed E-state index contributed by atoms with van der Waals surface area (Å²) >= 11 is 0. The second-order valence-corrected chi connectivity index (χ2v) is 7.39. The van der Waals surface area contributed by atoms with Crippen molar-refractivity contribution in [3.63, 3.8) is 0 Å². The Morgan fingerprint density at radius 2 is 1.97 bits per heavy atom. The van der Waals surface area contributed by atoms with Crippen LogP contribution in [0.4, 0.5) is 13.2 Å². The Bertz CT molecular complexity index is 1130. The lowest BCUT2D eigenvalue weighted by Gasteiger charge is -2.19. The summed E-state index contributed by atoms with van der Waals surface area (Å²) in [5.74, 6) is -0.231. The van der Waals surface area contributed by atoms with Crippen molar-refractivity contribution in [3.05, 3.63) is 76.7 Å². The molecular formula is C22H20F3N5O. The highest BCUT2D eigenvalue weighted by molar-refractivity contribution is 5.95. The lowest BCUT2D eigenvalue weighted by molar-refractivity contribution is -0.137. The summed E-state index contributed by atoms with van der Waals surface area (Å²) < 4.78 is 39.9. The van der Waals surface area contributed by atoms with Crippen LogP contribution in [0.25, 0.3) is 5.82 Å². The summed E-state index contributed by atoms with van der Waals surface area (Å²) in [6, 6.07) is 11.2. The highest BCUT2D eigenvalue weighted by atomic mass is 19.4. The van der Waals surface area contributed by atoms with Crippen LogP contribution in [0.5, 0.6) is 0 Å². The maximum Gasteiger partial charge on any atom is 0.417 e. The summed E-state index contributed by atoms with van der Waals surface area (Å²) in [4.78, 5) is 18.5. The van der Waals surface area contributed by atoms with Crippen LogP contribution in [0.1, 0.15) is 52.5 Å². The third-order valence-corrected chi connectivity index (χ3v) is 4.70. The number of hydrogen-bond acceptors (Lipinski definition) is 4. The first-order chi connectivity index (χ1) is 14.6. The fourth-order valence-corrected chi connectivity index (χ4v) is 3.23. The van der Waals surface area contributed by atoms with E-state index in [0.29, 0.717) is 16.8 Å². The van der Waals surface area contributed by atoms with Gasteiger partial charge in [-0.15, -0.1) is 0 Å². The highest BCUT2D eigenvalue weighted by Gasteiger charge is 2.31. The first-order valence-corrected chi connectivity index (χ1v) is 9.48. The van der Waals surface area contributed by atoms with Crippen LogP contribution >= 0.6 is 0 Å². The van der Waals surface area contributed by atoms with Crippen molar-refractivity contribution in [1.29, 1.82) is 5.26 Å². The van der Waals surface area contributed by atoms with E-state index in [-0.39, 0.29) is 24.2 Å². The van der Waals surface area contributed by atoms with Gasteiger partial charge in [0.2, 0.25) is 0 Å². The number of rotatable bonds is 5. The highest BCUT2D eigenvalue weighted by Crippen LogP contribution is 2.29. The lowest BCUT2D eigenvalue weighted by Crippen LogP contribution is -2.27. The van der Waals surface area contributed by atoms with Crippen LogP contribution in [0.2, 0.25) is 0 Å². The molecule has 0 fully saturated rings. The molecule has 3 rings (SSSR count). The first kappa shape index (κ1) is 22.0. The van der Waals surface area contributed by atoms with Crippen molar-refractivity contribution in [1.82, 2.24) is 19.7 Å². The minimum Gasteiger partial charge on any atom is -0.337 e. The average Bonchev–Trinajstić information content (AvgIpc) is 3.18. The lowest BCUT2D eigenvalue weighted by atomic mass is 10.0. The number of hydrogen-bond donors (Lipinski definition) is 0. The van der Waals surface area contributed by atoms with Crippen molar-refractivity contribution in [2.75, 3.05) is 7.05 Å². The fraction of sp³-hybridized carbons (Fsp3) is 0.273. The molecule has 0 aliphatic carbocycles. The maximum absolute atomic E-state index is 13.1. The Morgan fingerprint density at radius 1 is 1.23 bits per heavy atom. The number of amides is 1. The average molecular weight is 427 g/mol. The van der Waals surface area contributed by atoms with Crippen molar-refractivity contribution >= 4 is 5.91 Å². The van der Waals surface area contributed by atoms with Gasteiger partial charge in [-0.3, -0.25) is 4.79 Å². The minimum absolute atomic E-state index is 0.138. The predicted octanol–water partition coefficient (Wildman–Crippen LogP) is 4.55. The molecule has 0 atom stereocenters. The molecule has 160 valence electrons. The van der Waals surface area contributed by atoms with Crippen LogP contribution in [0, 0.1) is 11.3 Å². The maximum atomic E-state index is 13.1. The zero-order valence-corrected chi connectivity index (χ0v) is 17.2. The fourth-order valence-electron chi connectivity index (χ4n) is 3.23. The second-order valence-electron chi connectivity index (χ2n) is 7.39. The molecule has 0 saturated carbocycles. The number of alkyl halides is 3. The molecule has 31 heavy (non-hydrogen) atoms. The van der Waals surface area contributed by atoms with Crippen molar-refractivity contribution in [2.24, 2.45) is 0 Å². The Balaban J connectivity index is 1.90. The zero-order valence-electron chi connectivity index (χ0n) is 17.2. The Hall–Kier alpha value is -3.67. The number of carbonyl (C=O) groups excluding carboxylic acids is 1. The van der Waals surface area contributed by atoms with E-state index >= 15 is 0 Å². The Labute approximate surface area is 177 Å². The molecule has 0 radical (unpaired) electrons. The van der Waals surface area contributed by atoms with E-state index in [2.05, 4.69) is 16.2 Å². The van der Waals surface area contributed by atoms with Crippen LogP contribution in [0.3, 0.4) is 0 Å². The van der Waals surface area contributed by atoms with Gasteiger partial charge in [-0.05, 0) is 35.7 Å². The van der Waals surface area contributed by atoms with Crippen LogP contribution in [0.15, 0.2) is 48.8 Å². The molecule has 9 heteroatoms. The van der Waals surface area contributed by atoms with Gasteiger partial charge in [0.1, 0.15) is 0 Å². The first-order valence-electron chi connectivity index (χ1n) is 9.48. The normalized spacial score (nSPS) is 11.4. The largest absolute Gasteiger partial charge is 0.417 e. The number of pyridine rings is 1. The summed E-state index contributed by atoms with van der Waals surface area (Å²) in [5, 5.41) is 13.3. The molecule has 0 bridgehead atoms. The third-order valence-electron chi connectivity index (χ3n) is 4.70. The van der Waals surface area contributed by atoms with E-state index in [1.165, 1.54) is 21.8 Å². The molecule has 2 heterocycles. The molecule has 3 aromatic rings. The summed E-state index contributed by atoms with van der Waals surface area (Å²) in [6.07, 6.45) is -2.33. The quantitative estimate of drug-likeness (QED) is 0.599. The van der Waals surface area contributed by atoms with Crippen molar-refractivity contribution in [2.45, 2.75) is 32.5 Å². The molecule has 0 N–H and O–H groups in total. The predicted molar refractivity (Wildman–Crippen MR) is 107 cm³/mol. The minimum atomic E-state index is -4.48. The Morgan fingerprint density at radius 3 is 2.55 bits per heavy atom. The number of benzene rings is 1. The smallest absolute Gasteiger partial charge is 0.337 e. The van der Waals surface area contributed by atoms with Gasteiger partial charge in [-0.25, -0.2) is 9.67 Å². The molecule has 1 amide bonds. The monoisotopic (exact) mass is 427 g/mol. The van der Waals surface area contributed by atoms with Crippen LogP contribution in [-0.4, -0.2) is 32.6 Å². The van der Waals surface area contributed by atoms with E-state index in [4.69, 9.17) is 5.26 Å². The molecule has 0 spiro atoms. The summed E-state index contributed by atoms with van der Waals surface area (Å²) in [5.41, 5.74) is 1.34. The molecule has 0 aliphatic rings. The van der Waals surface area contributed by atoms with Crippen molar-refractivity contribution in [3.8, 4) is 11.9 Å². The Kier molecular flexibility index (Phi) is 6.11. The van der Waals surface area contributed by atoms with Gasteiger partial charge in [0.25, 0.3) is 5.91 Å². The molecule has 1 aromatic carbocycles. The number of carbonyl (C=O) groups is 1. The third kappa shape index (κ3) is 4.74. The molecular weight excluding hydrogens is 407 g/mol. The van der Waals surface area contributed by atoms with Gasteiger partial charge in [-0.1, -0.05) is 26.0 Å². The van der Waals surface area contributed by atoms with Crippen LogP contribution in [-0.2, 0) is 12.7 Å². The van der Waals surface area contributed by atoms with Gasteiger partial charge >= 0.3 is 6.18 Å². The van der Waals surface area contributed by atoms with Gasteiger partial charge in [0.05, 0.1) is 34.7 Å². The number of halogens is 3. The molecule has 6 nitrogen and oxygen atoms in total. The van der Waals surface area contributed by atoms with Gasteiger partial charge < -0.3 is 4.90 Å². The zero-order chi connectivity index (χ0) is 22.8. The summed E-state index contributed by atoms with van der Waals surface area (Å²) in [7, 11) is 1.64. The number of nitrogens with zero attached hydrogens (tertiary/aromatic N) is 5. The standard InChI is InChI=1S/C22H20F3N5O/c1-14(2)20-18(21(31)29(3)13-16-6-4-5-15(9-16)10-26)12-28-30(20)19-8-7-17(11-27-19)22(23,24)25/h4-9,11-12,14H,13H2,1-3H3. The van der Waals surface area contributed by atoms with Gasteiger partial charge in [-0.2, -0.15) is 23.5 Å². The van der Waals surface area contributed by atoms with E-state index in [9.17, 15) is 18.0 Å². The number of nitriles is 1. The second kappa shape index (κ2) is 8.60. The summed E-state index contributed by atoms with van der Waals surface area (Å²) in [6.45, 7) is 4.02. The number of aromatic nitrogens is 3.